The van der Waals surface area contributed by atoms with Crippen LogP contribution in [-0.2, 0) is 4.74 Å². The molecule has 1 aromatic rings. The first kappa shape index (κ1) is 15.1. The minimum Gasteiger partial charge on any atom is -0.390 e. The Kier molecular flexibility index (Phi) is 3.87. The van der Waals surface area contributed by atoms with Crippen molar-refractivity contribution in [3.05, 3.63) is 34.9 Å². The molecule has 0 bridgehead atoms. The minimum absolute atomic E-state index is 0.0350. The van der Waals surface area contributed by atoms with Crippen molar-refractivity contribution >= 4 is 0 Å². The van der Waals surface area contributed by atoms with Gasteiger partial charge in [0.1, 0.15) is 0 Å². The Morgan fingerprint density at radius 2 is 1.86 bits per heavy atom. The molecule has 0 amide bonds. The summed E-state index contributed by atoms with van der Waals surface area (Å²) in [5, 5.41) is 11.0. The van der Waals surface area contributed by atoms with E-state index in [1.54, 1.807) is 0 Å². The third-order valence-corrected chi connectivity index (χ3v) is 5.65. The molecule has 116 valence electrons. The van der Waals surface area contributed by atoms with Crippen LogP contribution in [0.15, 0.2) is 18.2 Å². The first-order chi connectivity index (χ1) is 9.88. The predicted molar refractivity (Wildman–Crippen MR) is 85.3 cm³/mol. The van der Waals surface area contributed by atoms with Gasteiger partial charge in [-0.1, -0.05) is 31.5 Å². The molecule has 1 saturated heterocycles. The van der Waals surface area contributed by atoms with Crippen LogP contribution in [0.2, 0.25) is 0 Å². The summed E-state index contributed by atoms with van der Waals surface area (Å²) in [5.41, 5.74) is 3.23. The van der Waals surface area contributed by atoms with Gasteiger partial charge >= 0.3 is 0 Å². The molecule has 1 N–H and O–H groups in total. The van der Waals surface area contributed by atoms with Crippen molar-refractivity contribution in [1.29, 1.82) is 0 Å². The fourth-order valence-electron chi connectivity index (χ4n) is 4.48. The summed E-state index contributed by atoms with van der Waals surface area (Å²) in [7, 11) is 0. The third kappa shape index (κ3) is 2.76. The lowest BCUT2D eigenvalue weighted by atomic mass is 9.68. The molecule has 0 unspecified atom stereocenters. The SMILES string of the molecule is Cc1cccc(C)c1[C@H]1C[C@@](C)(O)[C@@H]2CC[C@@H](C)C[C@H]2O1. The molecule has 1 aliphatic heterocycles. The van der Waals surface area contributed by atoms with Crippen LogP contribution in [0, 0.1) is 25.7 Å². The largest absolute Gasteiger partial charge is 0.390 e. The van der Waals surface area contributed by atoms with E-state index in [4.69, 9.17) is 4.74 Å². The van der Waals surface area contributed by atoms with Gasteiger partial charge in [-0.05, 0) is 56.2 Å². The fraction of sp³-hybridized carbons (Fsp3) is 0.684. The van der Waals surface area contributed by atoms with E-state index in [-0.39, 0.29) is 12.2 Å². The summed E-state index contributed by atoms with van der Waals surface area (Å²) in [6, 6.07) is 6.40. The van der Waals surface area contributed by atoms with Gasteiger partial charge in [-0.15, -0.1) is 0 Å². The summed E-state index contributed by atoms with van der Waals surface area (Å²) >= 11 is 0. The van der Waals surface area contributed by atoms with Crippen molar-refractivity contribution in [2.75, 3.05) is 0 Å². The summed E-state index contributed by atoms with van der Waals surface area (Å²) in [6.45, 7) is 8.62. The molecule has 3 rings (SSSR count). The molecular weight excluding hydrogens is 260 g/mol. The van der Waals surface area contributed by atoms with Crippen molar-refractivity contribution in [1.82, 2.24) is 0 Å². The Labute approximate surface area is 128 Å². The van der Waals surface area contributed by atoms with Crippen molar-refractivity contribution in [2.45, 2.75) is 71.2 Å². The van der Waals surface area contributed by atoms with Gasteiger partial charge in [-0.2, -0.15) is 0 Å². The van der Waals surface area contributed by atoms with E-state index in [2.05, 4.69) is 39.0 Å². The van der Waals surface area contributed by atoms with Crippen molar-refractivity contribution in [3.63, 3.8) is 0 Å². The fourth-order valence-corrected chi connectivity index (χ4v) is 4.48. The molecule has 21 heavy (non-hydrogen) atoms. The maximum absolute atomic E-state index is 11.0. The quantitative estimate of drug-likeness (QED) is 0.834. The number of aliphatic hydroxyl groups is 1. The van der Waals surface area contributed by atoms with Crippen LogP contribution in [0.4, 0.5) is 0 Å². The lowest BCUT2D eigenvalue weighted by Crippen LogP contribution is -2.51. The van der Waals surface area contributed by atoms with Crippen molar-refractivity contribution in [3.8, 4) is 0 Å². The van der Waals surface area contributed by atoms with Crippen molar-refractivity contribution in [2.24, 2.45) is 11.8 Å². The Bertz CT molecular complexity index is 500. The molecule has 2 fully saturated rings. The molecule has 1 saturated carbocycles. The zero-order valence-electron chi connectivity index (χ0n) is 13.7. The van der Waals surface area contributed by atoms with Crippen molar-refractivity contribution < 1.29 is 9.84 Å². The molecule has 0 spiro atoms. The Morgan fingerprint density at radius 1 is 1.19 bits per heavy atom. The molecule has 2 aliphatic rings. The highest BCUT2D eigenvalue weighted by Crippen LogP contribution is 2.48. The maximum Gasteiger partial charge on any atom is 0.0861 e. The second-order valence-electron chi connectivity index (χ2n) is 7.55. The second-order valence-corrected chi connectivity index (χ2v) is 7.55. The Morgan fingerprint density at radius 3 is 2.52 bits per heavy atom. The monoisotopic (exact) mass is 288 g/mol. The van der Waals surface area contributed by atoms with E-state index in [9.17, 15) is 5.11 Å². The highest BCUT2D eigenvalue weighted by molar-refractivity contribution is 5.36. The first-order valence-electron chi connectivity index (χ1n) is 8.32. The standard InChI is InChI=1S/C19H28O2/c1-12-8-9-15-16(10-12)21-17(11-19(15,4)20)18-13(2)6-5-7-14(18)3/h5-7,12,15-17,20H,8-11H2,1-4H3/t12-,15-,16-,17-,19-/m1/s1. The van der Waals surface area contributed by atoms with Crippen LogP contribution < -0.4 is 0 Å². The molecular formula is C19H28O2. The number of benzene rings is 1. The number of aryl methyl sites for hydroxylation is 2. The highest BCUT2D eigenvalue weighted by atomic mass is 16.5. The van der Waals surface area contributed by atoms with Crippen LogP contribution in [-0.4, -0.2) is 16.8 Å². The lowest BCUT2D eigenvalue weighted by Gasteiger charge is -2.50. The van der Waals surface area contributed by atoms with Gasteiger partial charge in [0.15, 0.2) is 0 Å². The van der Waals surface area contributed by atoms with Gasteiger partial charge in [0.05, 0.1) is 17.8 Å². The molecule has 2 nitrogen and oxygen atoms in total. The van der Waals surface area contributed by atoms with Gasteiger partial charge in [0, 0.05) is 12.3 Å². The van der Waals surface area contributed by atoms with E-state index in [0.717, 1.165) is 12.8 Å². The number of hydrogen-bond acceptors (Lipinski definition) is 2. The number of hydrogen-bond donors (Lipinski definition) is 1. The van der Waals surface area contributed by atoms with Gasteiger partial charge < -0.3 is 9.84 Å². The van der Waals surface area contributed by atoms with Crippen LogP contribution >= 0.6 is 0 Å². The van der Waals surface area contributed by atoms with Crippen LogP contribution in [0.25, 0.3) is 0 Å². The Balaban J connectivity index is 1.92. The maximum atomic E-state index is 11.0. The van der Waals surface area contributed by atoms with E-state index < -0.39 is 5.60 Å². The van der Waals surface area contributed by atoms with Crippen LogP contribution in [0.3, 0.4) is 0 Å². The lowest BCUT2D eigenvalue weighted by molar-refractivity contribution is -0.198. The molecule has 0 aromatic heterocycles. The number of ether oxygens (including phenoxy) is 1. The Hall–Kier alpha value is -0.860. The average molecular weight is 288 g/mol. The second kappa shape index (κ2) is 5.40. The van der Waals surface area contributed by atoms with Crippen LogP contribution in [0.1, 0.15) is 62.3 Å². The molecule has 1 heterocycles. The number of fused-ring (bicyclic) bond motifs is 1. The van der Waals surface area contributed by atoms with E-state index in [0.29, 0.717) is 18.3 Å². The summed E-state index contributed by atoms with van der Waals surface area (Å²) in [6.07, 6.45) is 4.36. The smallest absolute Gasteiger partial charge is 0.0861 e. The summed E-state index contributed by atoms with van der Waals surface area (Å²) < 4.78 is 6.48. The van der Waals surface area contributed by atoms with Gasteiger partial charge in [0.25, 0.3) is 0 Å². The summed E-state index contributed by atoms with van der Waals surface area (Å²) in [5.74, 6) is 1.01. The third-order valence-electron chi connectivity index (χ3n) is 5.65. The zero-order valence-corrected chi connectivity index (χ0v) is 13.7. The topological polar surface area (TPSA) is 29.5 Å². The zero-order chi connectivity index (χ0) is 15.2. The molecule has 1 aliphatic carbocycles. The molecule has 1 aromatic carbocycles. The molecule has 2 heteroatoms. The highest BCUT2D eigenvalue weighted by Gasteiger charge is 2.48. The molecule has 0 radical (unpaired) electrons. The first-order valence-corrected chi connectivity index (χ1v) is 8.32. The average Bonchev–Trinajstić information content (AvgIpc) is 2.36. The summed E-state index contributed by atoms with van der Waals surface area (Å²) in [4.78, 5) is 0. The van der Waals surface area contributed by atoms with E-state index >= 15 is 0 Å². The van der Waals surface area contributed by atoms with E-state index in [1.165, 1.54) is 23.1 Å². The minimum atomic E-state index is -0.609. The van der Waals surface area contributed by atoms with Gasteiger partial charge in [0.2, 0.25) is 0 Å². The number of rotatable bonds is 1. The van der Waals surface area contributed by atoms with Gasteiger partial charge in [-0.3, -0.25) is 0 Å². The predicted octanol–water partition coefficient (Wildman–Crippen LogP) is 4.32. The normalized spacial score (nSPS) is 39.9. The van der Waals surface area contributed by atoms with Crippen LogP contribution in [0.5, 0.6) is 0 Å². The van der Waals surface area contributed by atoms with E-state index in [1.807, 2.05) is 6.92 Å². The van der Waals surface area contributed by atoms with Gasteiger partial charge in [-0.25, -0.2) is 0 Å². The molecule has 5 atom stereocenters.